The lowest BCUT2D eigenvalue weighted by molar-refractivity contribution is -0.146. The Morgan fingerprint density at radius 3 is 2.35 bits per heavy atom. The summed E-state index contributed by atoms with van der Waals surface area (Å²) < 4.78 is 9.89. The van der Waals surface area contributed by atoms with Crippen LogP contribution in [0.15, 0.2) is 0 Å². The van der Waals surface area contributed by atoms with Gasteiger partial charge in [0.25, 0.3) is 0 Å². The van der Waals surface area contributed by atoms with Gasteiger partial charge in [-0.15, -0.1) is 0 Å². The molecule has 0 spiro atoms. The van der Waals surface area contributed by atoms with E-state index in [9.17, 15) is 14.4 Å². The van der Waals surface area contributed by atoms with Gasteiger partial charge < -0.3 is 14.6 Å². The van der Waals surface area contributed by atoms with Gasteiger partial charge in [-0.2, -0.15) is 0 Å². The van der Waals surface area contributed by atoms with Gasteiger partial charge in [-0.25, -0.2) is 9.59 Å². The fourth-order valence-electron chi connectivity index (χ4n) is 2.20. The Balaban J connectivity index is 2.81. The Hall–Kier alpha value is -1.79. The number of hydrogen-bond acceptors (Lipinski definition) is 5. The fourth-order valence-corrected chi connectivity index (χ4v) is 2.20. The van der Waals surface area contributed by atoms with Gasteiger partial charge in [0.1, 0.15) is 11.6 Å². The van der Waals surface area contributed by atoms with Gasteiger partial charge in [-0.05, 0) is 33.1 Å². The predicted octanol–water partition coefficient (Wildman–Crippen LogP) is 1.26. The normalized spacial score (nSPS) is 22.5. The second kappa shape index (κ2) is 6.11. The smallest absolute Gasteiger partial charge is 0.411 e. The predicted molar refractivity (Wildman–Crippen MR) is 69.1 cm³/mol. The average molecular weight is 287 g/mol. The second-order valence-electron chi connectivity index (χ2n) is 5.87. The molecule has 0 aromatic rings. The molecule has 1 aliphatic rings. The molecule has 1 saturated heterocycles. The first kappa shape index (κ1) is 16.3. The molecule has 0 bridgehead atoms. The maximum Gasteiger partial charge on any atom is 0.411 e. The van der Waals surface area contributed by atoms with Crippen LogP contribution in [0.4, 0.5) is 4.79 Å². The Labute approximate surface area is 117 Å². The van der Waals surface area contributed by atoms with E-state index in [1.54, 1.807) is 20.8 Å². The van der Waals surface area contributed by atoms with Crippen LogP contribution in [-0.4, -0.2) is 53.3 Å². The van der Waals surface area contributed by atoms with E-state index in [0.717, 1.165) is 0 Å². The first-order valence-electron chi connectivity index (χ1n) is 6.43. The number of nitrogens with zero attached hydrogens (tertiary/aromatic N) is 1. The molecule has 1 amide bonds. The van der Waals surface area contributed by atoms with Crippen molar-refractivity contribution >= 4 is 18.0 Å². The summed E-state index contributed by atoms with van der Waals surface area (Å²) >= 11 is 0. The van der Waals surface area contributed by atoms with Crippen molar-refractivity contribution in [1.82, 2.24) is 4.90 Å². The van der Waals surface area contributed by atoms with Crippen molar-refractivity contribution in [2.75, 3.05) is 13.7 Å². The van der Waals surface area contributed by atoms with Crippen LogP contribution in [0, 0.1) is 5.92 Å². The molecule has 20 heavy (non-hydrogen) atoms. The molecule has 1 rings (SSSR count). The molecular weight excluding hydrogens is 266 g/mol. The van der Waals surface area contributed by atoms with Crippen LogP contribution in [0.25, 0.3) is 0 Å². The zero-order chi connectivity index (χ0) is 15.5. The molecule has 0 aromatic carbocycles. The zero-order valence-corrected chi connectivity index (χ0v) is 12.2. The highest BCUT2D eigenvalue weighted by atomic mass is 16.6. The number of hydrogen-bond donors (Lipinski definition) is 1. The molecular formula is C13H21NO6. The summed E-state index contributed by atoms with van der Waals surface area (Å²) in [6, 6.07) is -0.779. The second-order valence-corrected chi connectivity index (χ2v) is 5.87. The SMILES string of the molecule is COC(=O)C1CC(CC(=O)O)CN1C(=O)OC(C)(C)C. The number of likely N-dealkylation sites (tertiary alicyclic amines) is 1. The van der Waals surface area contributed by atoms with Crippen LogP contribution in [0.1, 0.15) is 33.6 Å². The van der Waals surface area contributed by atoms with Crippen molar-refractivity contribution in [3.63, 3.8) is 0 Å². The van der Waals surface area contributed by atoms with Crippen LogP contribution in [0.5, 0.6) is 0 Å². The van der Waals surface area contributed by atoms with E-state index >= 15 is 0 Å². The summed E-state index contributed by atoms with van der Waals surface area (Å²) in [4.78, 5) is 35.8. The minimum absolute atomic E-state index is 0.0905. The molecule has 1 N–H and O–H groups in total. The number of ether oxygens (including phenoxy) is 2. The van der Waals surface area contributed by atoms with E-state index in [0.29, 0.717) is 0 Å². The lowest BCUT2D eigenvalue weighted by atomic mass is 10.0. The lowest BCUT2D eigenvalue weighted by Gasteiger charge is -2.27. The van der Waals surface area contributed by atoms with Gasteiger partial charge >= 0.3 is 18.0 Å². The number of carbonyl (C=O) groups is 3. The molecule has 1 aliphatic heterocycles. The first-order valence-corrected chi connectivity index (χ1v) is 6.43. The Bertz CT molecular complexity index is 400. The molecule has 2 atom stereocenters. The molecule has 1 fully saturated rings. The van der Waals surface area contributed by atoms with Gasteiger partial charge in [-0.1, -0.05) is 0 Å². The maximum atomic E-state index is 12.1. The number of amides is 1. The molecule has 2 unspecified atom stereocenters. The van der Waals surface area contributed by atoms with Gasteiger partial charge in [0, 0.05) is 13.0 Å². The first-order chi connectivity index (χ1) is 9.14. The number of methoxy groups -OCH3 is 1. The van der Waals surface area contributed by atoms with Crippen LogP contribution < -0.4 is 0 Å². The standard InChI is InChI=1S/C13H21NO6/c1-13(2,3)20-12(18)14-7-8(6-10(15)16)5-9(14)11(17)19-4/h8-9H,5-7H2,1-4H3,(H,15,16). The number of carbonyl (C=O) groups excluding carboxylic acids is 2. The highest BCUT2D eigenvalue weighted by molar-refractivity contribution is 5.82. The van der Waals surface area contributed by atoms with Gasteiger partial charge in [-0.3, -0.25) is 9.69 Å². The Morgan fingerprint density at radius 2 is 1.90 bits per heavy atom. The molecule has 114 valence electrons. The topological polar surface area (TPSA) is 93.1 Å². The molecule has 0 radical (unpaired) electrons. The van der Waals surface area contributed by atoms with E-state index in [1.807, 2.05) is 0 Å². The molecule has 7 nitrogen and oxygen atoms in total. The minimum atomic E-state index is -0.954. The van der Waals surface area contributed by atoms with E-state index in [4.69, 9.17) is 9.84 Å². The summed E-state index contributed by atoms with van der Waals surface area (Å²) in [5.74, 6) is -1.78. The molecule has 0 aliphatic carbocycles. The third-order valence-corrected chi connectivity index (χ3v) is 2.95. The van der Waals surface area contributed by atoms with E-state index in [1.165, 1.54) is 12.0 Å². The number of aliphatic carboxylic acids is 1. The monoisotopic (exact) mass is 287 g/mol. The van der Waals surface area contributed by atoms with Gasteiger partial charge in [0.2, 0.25) is 0 Å². The largest absolute Gasteiger partial charge is 0.481 e. The summed E-state index contributed by atoms with van der Waals surface area (Å²) in [6.07, 6.45) is -0.439. The Kier molecular flexibility index (Phi) is 4.97. The lowest BCUT2D eigenvalue weighted by Crippen LogP contribution is -2.43. The third kappa shape index (κ3) is 4.40. The average Bonchev–Trinajstić information content (AvgIpc) is 2.68. The molecule has 1 heterocycles. The van der Waals surface area contributed by atoms with Crippen molar-refractivity contribution < 1.29 is 29.0 Å². The van der Waals surface area contributed by atoms with E-state index in [2.05, 4.69) is 4.74 Å². The summed E-state index contributed by atoms with van der Waals surface area (Å²) in [5, 5.41) is 8.82. The number of rotatable bonds is 3. The van der Waals surface area contributed by atoms with Crippen LogP contribution in [0.3, 0.4) is 0 Å². The highest BCUT2D eigenvalue weighted by Gasteiger charge is 2.42. The summed E-state index contributed by atoms with van der Waals surface area (Å²) in [5.41, 5.74) is -0.678. The van der Waals surface area contributed by atoms with Gasteiger partial charge in [0.15, 0.2) is 0 Å². The fraction of sp³-hybridized carbons (Fsp3) is 0.769. The van der Waals surface area contributed by atoms with Gasteiger partial charge in [0.05, 0.1) is 7.11 Å². The van der Waals surface area contributed by atoms with Crippen molar-refractivity contribution in [2.45, 2.75) is 45.3 Å². The highest BCUT2D eigenvalue weighted by Crippen LogP contribution is 2.28. The molecule has 0 aromatic heterocycles. The zero-order valence-electron chi connectivity index (χ0n) is 12.2. The van der Waals surface area contributed by atoms with Crippen LogP contribution in [0.2, 0.25) is 0 Å². The van der Waals surface area contributed by atoms with Crippen LogP contribution >= 0.6 is 0 Å². The van der Waals surface area contributed by atoms with Crippen molar-refractivity contribution in [2.24, 2.45) is 5.92 Å². The van der Waals surface area contributed by atoms with Crippen LogP contribution in [-0.2, 0) is 19.1 Å². The number of esters is 1. The molecule has 0 saturated carbocycles. The van der Waals surface area contributed by atoms with Crippen molar-refractivity contribution in [3.8, 4) is 0 Å². The summed E-state index contributed by atoms with van der Waals surface area (Å²) in [6.45, 7) is 5.36. The third-order valence-electron chi connectivity index (χ3n) is 2.95. The molecule has 7 heteroatoms. The van der Waals surface area contributed by atoms with E-state index < -0.39 is 29.7 Å². The Morgan fingerprint density at radius 1 is 1.30 bits per heavy atom. The number of carboxylic acid groups (broad SMARTS) is 1. The van der Waals surface area contributed by atoms with E-state index in [-0.39, 0.29) is 25.3 Å². The van der Waals surface area contributed by atoms with Crippen molar-refractivity contribution in [1.29, 1.82) is 0 Å². The minimum Gasteiger partial charge on any atom is -0.481 e. The number of carboxylic acids is 1. The quantitative estimate of drug-likeness (QED) is 0.785. The maximum absolute atomic E-state index is 12.1. The summed E-state index contributed by atoms with van der Waals surface area (Å²) in [7, 11) is 1.24. The van der Waals surface area contributed by atoms with Crippen molar-refractivity contribution in [3.05, 3.63) is 0 Å².